The molecular weight excluding hydrogens is 134 g/mol. The Morgan fingerprint density at radius 2 is 2.33 bits per heavy atom. The molecule has 1 saturated carbocycles. The molecule has 2 aliphatic rings. The smallest absolute Gasteiger partial charge is 0.281 e. The Morgan fingerprint density at radius 1 is 1.67 bits per heavy atom. The Labute approximate surface area is 58.6 Å². The molecule has 0 N–H and O–H groups in total. The van der Waals surface area contributed by atoms with Crippen LogP contribution < -0.4 is 0 Å². The molecule has 1 spiro atoms. The molecule has 2 rings (SSSR count). The van der Waals surface area contributed by atoms with E-state index in [1.807, 2.05) is 11.9 Å². The van der Waals surface area contributed by atoms with Crippen molar-refractivity contribution in [1.29, 1.82) is 0 Å². The number of thioether (sulfide) groups is 1. The lowest BCUT2D eigenvalue weighted by molar-refractivity contribution is 0.221. The van der Waals surface area contributed by atoms with E-state index in [2.05, 4.69) is 0 Å². The van der Waals surface area contributed by atoms with Crippen molar-refractivity contribution in [3.63, 3.8) is 0 Å². The minimum Gasteiger partial charge on any atom is -0.330 e. The highest BCUT2D eigenvalue weighted by Gasteiger charge is 2.52. The average molecular weight is 143 g/mol. The number of carbonyl (C=O) groups excluding carboxylic acids is 1. The first-order valence-corrected chi connectivity index (χ1v) is 4.14. The molecule has 2 nitrogen and oxygen atoms in total. The molecule has 1 amide bonds. The molecule has 0 unspecified atom stereocenters. The number of amides is 1. The fourth-order valence-electron chi connectivity index (χ4n) is 1.21. The summed E-state index contributed by atoms with van der Waals surface area (Å²) in [5, 5.41) is 0.257. The summed E-state index contributed by atoms with van der Waals surface area (Å²) < 4.78 is 0. The van der Waals surface area contributed by atoms with Crippen LogP contribution in [0.25, 0.3) is 0 Å². The summed E-state index contributed by atoms with van der Waals surface area (Å²) in [6, 6.07) is 0. The van der Waals surface area contributed by atoms with Gasteiger partial charge in [0.05, 0.1) is 5.54 Å². The molecule has 0 aromatic carbocycles. The van der Waals surface area contributed by atoms with E-state index in [-0.39, 0.29) is 5.24 Å². The fraction of sp³-hybridized carbons (Fsp3) is 0.833. The summed E-state index contributed by atoms with van der Waals surface area (Å²) in [5.74, 6) is 1.03. The molecule has 0 aromatic rings. The van der Waals surface area contributed by atoms with Crippen molar-refractivity contribution < 1.29 is 4.79 Å². The summed E-state index contributed by atoms with van der Waals surface area (Å²) in [7, 11) is 1.91. The maximum atomic E-state index is 10.9. The quantitative estimate of drug-likeness (QED) is 0.509. The first kappa shape index (κ1) is 5.59. The first-order chi connectivity index (χ1) is 4.25. The predicted molar refractivity (Wildman–Crippen MR) is 37.6 cm³/mol. The van der Waals surface area contributed by atoms with Crippen LogP contribution in [0.2, 0.25) is 0 Å². The number of carbonyl (C=O) groups is 1. The van der Waals surface area contributed by atoms with Gasteiger partial charge >= 0.3 is 0 Å². The third-order valence-corrected chi connectivity index (χ3v) is 3.48. The van der Waals surface area contributed by atoms with Gasteiger partial charge < -0.3 is 4.90 Å². The van der Waals surface area contributed by atoms with Gasteiger partial charge in [-0.25, -0.2) is 0 Å². The Morgan fingerprint density at radius 3 is 2.56 bits per heavy atom. The zero-order valence-electron chi connectivity index (χ0n) is 5.39. The molecule has 3 heteroatoms. The van der Waals surface area contributed by atoms with Crippen LogP contribution in [0.1, 0.15) is 12.8 Å². The third kappa shape index (κ3) is 0.611. The van der Waals surface area contributed by atoms with Gasteiger partial charge in [0.25, 0.3) is 5.24 Å². The van der Waals surface area contributed by atoms with Gasteiger partial charge in [-0.2, -0.15) is 0 Å². The predicted octanol–water partition coefficient (Wildman–Crippen LogP) is 1.32. The van der Waals surface area contributed by atoms with Gasteiger partial charge in [0.2, 0.25) is 0 Å². The summed E-state index contributed by atoms with van der Waals surface area (Å²) in [4.78, 5) is 12.8. The lowest BCUT2D eigenvalue weighted by Gasteiger charge is -2.15. The lowest BCUT2D eigenvalue weighted by Crippen LogP contribution is -2.30. The molecule has 50 valence electrons. The molecular formula is C6H9NOS. The fourth-order valence-corrected chi connectivity index (χ4v) is 2.47. The second-order valence-corrected chi connectivity index (χ2v) is 3.76. The Hall–Kier alpha value is -0.180. The van der Waals surface area contributed by atoms with Gasteiger partial charge in [-0.15, -0.1) is 0 Å². The molecule has 1 heterocycles. The van der Waals surface area contributed by atoms with Crippen LogP contribution in [-0.4, -0.2) is 28.5 Å². The van der Waals surface area contributed by atoms with Gasteiger partial charge in [0.1, 0.15) is 0 Å². The van der Waals surface area contributed by atoms with Crippen LogP contribution in [0.15, 0.2) is 0 Å². The topological polar surface area (TPSA) is 20.3 Å². The largest absolute Gasteiger partial charge is 0.330 e. The van der Waals surface area contributed by atoms with Crippen LogP contribution in [0.4, 0.5) is 4.79 Å². The van der Waals surface area contributed by atoms with E-state index >= 15 is 0 Å². The molecule has 0 aromatic heterocycles. The minimum absolute atomic E-state index is 0.257. The summed E-state index contributed by atoms with van der Waals surface area (Å²) >= 11 is 1.46. The van der Waals surface area contributed by atoms with Gasteiger partial charge in [0, 0.05) is 12.8 Å². The van der Waals surface area contributed by atoms with Gasteiger partial charge in [0.15, 0.2) is 0 Å². The normalized spacial score (nSPS) is 29.9. The number of rotatable bonds is 0. The average Bonchev–Trinajstić information content (AvgIpc) is 2.57. The number of hydrogen-bond acceptors (Lipinski definition) is 2. The van der Waals surface area contributed by atoms with Crippen molar-refractivity contribution in [2.45, 2.75) is 18.4 Å². The molecule has 0 atom stereocenters. The van der Waals surface area contributed by atoms with Gasteiger partial charge in [-0.3, -0.25) is 4.79 Å². The highest BCUT2D eigenvalue weighted by Crippen LogP contribution is 2.49. The van der Waals surface area contributed by atoms with Crippen LogP contribution in [0, 0.1) is 0 Å². The van der Waals surface area contributed by atoms with E-state index in [4.69, 9.17) is 0 Å². The maximum Gasteiger partial charge on any atom is 0.281 e. The second kappa shape index (κ2) is 1.45. The van der Waals surface area contributed by atoms with E-state index in [9.17, 15) is 4.79 Å². The van der Waals surface area contributed by atoms with E-state index in [0.717, 1.165) is 5.75 Å². The van der Waals surface area contributed by atoms with Crippen molar-refractivity contribution in [3.8, 4) is 0 Å². The molecule has 1 aliphatic carbocycles. The van der Waals surface area contributed by atoms with Crippen molar-refractivity contribution in [2.75, 3.05) is 12.8 Å². The van der Waals surface area contributed by atoms with Gasteiger partial charge in [-0.05, 0) is 12.8 Å². The lowest BCUT2D eigenvalue weighted by atomic mass is 10.3. The SMILES string of the molecule is CN1C(=O)SCC12CC2. The Kier molecular flexibility index (Phi) is 0.903. The number of hydrogen-bond donors (Lipinski definition) is 0. The molecule has 1 saturated heterocycles. The highest BCUT2D eigenvalue weighted by molar-refractivity contribution is 8.14. The summed E-state index contributed by atoms with van der Waals surface area (Å²) in [5.41, 5.74) is 0.321. The molecule has 0 radical (unpaired) electrons. The minimum atomic E-state index is 0.257. The molecule has 0 bridgehead atoms. The molecule has 1 aliphatic heterocycles. The standard InChI is InChI=1S/C6H9NOS/c1-7-5(8)9-4-6(7)2-3-6/h2-4H2,1H3. The Bertz CT molecular complexity index is 164. The number of nitrogens with zero attached hydrogens (tertiary/aromatic N) is 1. The highest BCUT2D eigenvalue weighted by atomic mass is 32.2. The van der Waals surface area contributed by atoms with Crippen molar-refractivity contribution in [1.82, 2.24) is 4.90 Å². The second-order valence-electron chi connectivity index (χ2n) is 2.84. The summed E-state index contributed by atoms with van der Waals surface area (Å²) in [6.07, 6.45) is 2.45. The van der Waals surface area contributed by atoms with Crippen molar-refractivity contribution in [2.24, 2.45) is 0 Å². The van der Waals surface area contributed by atoms with Crippen LogP contribution in [0.3, 0.4) is 0 Å². The monoisotopic (exact) mass is 143 g/mol. The first-order valence-electron chi connectivity index (χ1n) is 3.15. The van der Waals surface area contributed by atoms with E-state index in [1.165, 1.54) is 24.6 Å². The van der Waals surface area contributed by atoms with E-state index < -0.39 is 0 Å². The van der Waals surface area contributed by atoms with Crippen molar-refractivity contribution >= 4 is 17.0 Å². The molecule has 2 fully saturated rings. The van der Waals surface area contributed by atoms with Crippen LogP contribution in [-0.2, 0) is 0 Å². The van der Waals surface area contributed by atoms with E-state index in [0.29, 0.717) is 5.54 Å². The van der Waals surface area contributed by atoms with Gasteiger partial charge in [-0.1, -0.05) is 11.8 Å². The van der Waals surface area contributed by atoms with Crippen LogP contribution in [0.5, 0.6) is 0 Å². The van der Waals surface area contributed by atoms with Crippen molar-refractivity contribution in [3.05, 3.63) is 0 Å². The Balaban J connectivity index is 2.22. The van der Waals surface area contributed by atoms with E-state index in [1.54, 1.807) is 0 Å². The zero-order chi connectivity index (χ0) is 6.48. The third-order valence-electron chi connectivity index (χ3n) is 2.28. The molecule has 9 heavy (non-hydrogen) atoms. The zero-order valence-corrected chi connectivity index (χ0v) is 6.20. The van der Waals surface area contributed by atoms with Crippen LogP contribution >= 0.6 is 11.8 Å². The maximum absolute atomic E-state index is 10.9. The summed E-state index contributed by atoms with van der Waals surface area (Å²) in [6.45, 7) is 0.